The van der Waals surface area contributed by atoms with Crippen LogP contribution in [0.3, 0.4) is 0 Å². The summed E-state index contributed by atoms with van der Waals surface area (Å²) >= 11 is 0. The van der Waals surface area contributed by atoms with Gasteiger partial charge in [0.25, 0.3) is 0 Å². The van der Waals surface area contributed by atoms with Gasteiger partial charge in [-0.25, -0.2) is 0 Å². The summed E-state index contributed by atoms with van der Waals surface area (Å²) in [5.74, 6) is 0.973. The summed E-state index contributed by atoms with van der Waals surface area (Å²) in [7, 11) is 1.69. The lowest BCUT2D eigenvalue weighted by Gasteiger charge is -2.39. The number of para-hydroxylation sites is 1. The molecular weight excluding hydrogens is 252 g/mol. The van der Waals surface area contributed by atoms with E-state index in [4.69, 9.17) is 9.47 Å². The number of piperazine rings is 1. The quantitative estimate of drug-likeness (QED) is 0.806. The van der Waals surface area contributed by atoms with Crippen LogP contribution in [0.2, 0.25) is 0 Å². The molecule has 1 aliphatic heterocycles. The highest BCUT2D eigenvalue weighted by Gasteiger charge is 2.25. The number of nitrogens with zero attached hydrogens (tertiary/aromatic N) is 1. The summed E-state index contributed by atoms with van der Waals surface area (Å²) in [5.41, 5.74) is 1.44. The van der Waals surface area contributed by atoms with Crippen molar-refractivity contribution in [3.05, 3.63) is 29.8 Å². The molecule has 0 unspecified atom stereocenters. The number of nitrogens with one attached hydrogen (secondary N) is 1. The highest BCUT2D eigenvalue weighted by molar-refractivity contribution is 5.33. The number of methoxy groups -OCH3 is 1. The maximum Gasteiger partial charge on any atom is 0.123 e. The minimum Gasteiger partial charge on any atom is -0.491 e. The van der Waals surface area contributed by atoms with E-state index in [0.29, 0.717) is 13.2 Å². The van der Waals surface area contributed by atoms with Gasteiger partial charge in [0, 0.05) is 44.4 Å². The van der Waals surface area contributed by atoms with Gasteiger partial charge < -0.3 is 14.8 Å². The molecule has 0 saturated carbocycles. The predicted octanol–water partition coefficient (Wildman–Crippen LogP) is 1.90. The zero-order chi connectivity index (χ0) is 14.4. The zero-order valence-electron chi connectivity index (χ0n) is 12.8. The van der Waals surface area contributed by atoms with Crippen molar-refractivity contribution in [2.45, 2.75) is 25.9 Å². The Morgan fingerprint density at radius 3 is 2.80 bits per heavy atom. The summed E-state index contributed by atoms with van der Waals surface area (Å²) in [4.78, 5) is 2.48. The third-order valence-electron chi connectivity index (χ3n) is 3.56. The van der Waals surface area contributed by atoms with Gasteiger partial charge in [-0.3, -0.25) is 4.90 Å². The molecule has 1 saturated heterocycles. The molecule has 1 fully saturated rings. The first-order chi connectivity index (χ1) is 9.61. The van der Waals surface area contributed by atoms with Crippen LogP contribution in [-0.4, -0.2) is 50.4 Å². The molecule has 112 valence electrons. The molecule has 4 heteroatoms. The van der Waals surface area contributed by atoms with Gasteiger partial charge in [-0.2, -0.15) is 0 Å². The molecule has 0 aromatic heterocycles. The Morgan fingerprint density at radius 2 is 2.05 bits per heavy atom. The third-order valence-corrected chi connectivity index (χ3v) is 3.56. The molecule has 1 aliphatic rings. The first kappa shape index (κ1) is 15.3. The maximum atomic E-state index is 5.80. The number of rotatable bonds is 6. The monoisotopic (exact) mass is 278 g/mol. The fourth-order valence-electron chi connectivity index (χ4n) is 2.63. The molecule has 1 aromatic carbocycles. The highest BCUT2D eigenvalue weighted by Crippen LogP contribution is 2.21. The summed E-state index contributed by atoms with van der Waals surface area (Å²) in [6.45, 7) is 9.83. The smallest absolute Gasteiger partial charge is 0.123 e. The highest BCUT2D eigenvalue weighted by atomic mass is 16.5. The molecule has 1 aromatic rings. The molecular formula is C16H26N2O2. The van der Waals surface area contributed by atoms with Crippen molar-refractivity contribution in [1.29, 1.82) is 0 Å². The van der Waals surface area contributed by atoms with E-state index >= 15 is 0 Å². The fourth-order valence-corrected chi connectivity index (χ4v) is 2.63. The van der Waals surface area contributed by atoms with E-state index in [1.54, 1.807) is 7.11 Å². The van der Waals surface area contributed by atoms with Crippen molar-refractivity contribution < 1.29 is 9.47 Å². The van der Waals surface area contributed by atoms with Gasteiger partial charge in [0.05, 0.1) is 6.61 Å². The first-order valence-electron chi connectivity index (χ1n) is 7.28. The molecule has 0 atom stereocenters. The van der Waals surface area contributed by atoms with Crippen molar-refractivity contribution in [1.82, 2.24) is 10.2 Å². The van der Waals surface area contributed by atoms with Crippen LogP contribution < -0.4 is 10.1 Å². The number of benzene rings is 1. The summed E-state index contributed by atoms with van der Waals surface area (Å²) in [6.07, 6.45) is 0. The Hall–Kier alpha value is -1.10. The molecule has 0 aliphatic carbocycles. The van der Waals surface area contributed by atoms with Crippen LogP contribution in [-0.2, 0) is 11.3 Å². The SMILES string of the molecule is COCCOc1ccccc1CN1CCNC(C)(C)C1. The van der Waals surface area contributed by atoms with Crippen molar-refractivity contribution in [3.63, 3.8) is 0 Å². The van der Waals surface area contributed by atoms with Gasteiger partial charge in [-0.1, -0.05) is 18.2 Å². The summed E-state index contributed by atoms with van der Waals surface area (Å²) in [5, 5.41) is 3.54. The van der Waals surface area contributed by atoms with Gasteiger partial charge in [0.2, 0.25) is 0 Å². The molecule has 4 nitrogen and oxygen atoms in total. The van der Waals surface area contributed by atoms with E-state index < -0.39 is 0 Å². The predicted molar refractivity (Wildman–Crippen MR) is 81.2 cm³/mol. The van der Waals surface area contributed by atoms with Crippen LogP contribution in [0.25, 0.3) is 0 Å². The molecule has 1 heterocycles. The second-order valence-electron chi connectivity index (χ2n) is 5.97. The lowest BCUT2D eigenvalue weighted by Crippen LogP contribution is -2.56. The molecule has 0 spiro atoms. The lowest BCUT2D eigenvalue weighted by molar-refractivity contribution is 0.137. The third kappa shape index (κ3) is 4.47. The van der Waals surface area contributed by atoms with Crippen LogP contribution in [0.1, 0.15) is 19.4 Å². The van der Waals surface area contributed by atoms with Gasteiger partial charge in [-0.15, -0.1) is 0 Å². The Balaban J connectivity index is 1.97. The average Bonchev–Trinajstić information content (AvgIpc) is 2.40. The Bertz CT molecular complexity index is 421. The standard InChI is InChI=1S/C16H26N2O2/c1-16(2)13-18(9-8-17-16)12-14-6-4-5-7-15(14)20-11-10-19-3/h4-7,17H,8-13H2,1-3H3. The van der Waals surface area contributed by atoms with Crippen LogP contribution in [0.15, 0.2) is 24.3 Å². The minimum absolute atomic E-state index is 0.185. The van der Waals surface area contributed by atoms with Crippen LogP contribution >= 0.6 is 0 Å². The van der Waals surface area contributed by atoms with Crippen molar-refractivity contribution in [3.8, 4) is 5.75 Å². The zero-order valence-corrected chi connectivity index (χ0v) is 12.8. The number of hydrogen-bond acceptors (Lipinski definition) is 4. The minimum atomic E-state index is 0.185. The number of hydrogen-bond donors (Lipinski definition) is 1. The van der Waals surface area contributed by atoms with Gasteiger partial charge >= 0.3 is 0 Å². The Morgan fingerprint density at radius 1 is 1.25 bits per heavy atom. The summed E-state index contributed by atoms with van der Waals surface area (Å²) < 4.78 is 10.8. The normalized spacial score (nSPS) is 18.9. The first-order valence-corrected chi connectivity index (χ1v) is 7.28. The van der Waals surface area contributed by atoms with E-state index in [2.05, 4.69) is 36.2 Å². The molecule has 0 bridgehead atoms. The van der Waals surface area contributed by atoms with E-state index in [0.717, 1.165) is 31.9 Å². The fraction of sp³-hybridized carbons (Fsp3) is 0.625. The van der Waals surface area contributed by atoms with Crippen molar-refractivity contribution in [2.75, 3.05) is 40.0 Å². The second kappa shape index (κ2) is 7.07. The second-order valence-corrected chi connectivity index (χ2v) is 5.97. The molecule has 0 radical (unpaired) electrons. The van der Waals surface area contributed by atoms with Crippen LogP contribution in [0, 0.1) is 0 Å². The molecule has 1 N–H and O–H groups in total. The van der Waals surface area contributed by atoms with Crippen LogP contribution in [0.5, 0.6) is 5.75 Å². The van der Waals surface area contributed by atoms with Gasteiger partial charge in [0.15, 0.2) is 0 Å². The number of ether oxygens (including phenoxy) is 2. The van der Waals surface area contributed by atoms with Crippen LogP contribution in [0.4, 0.5) is 0 Å². The summed E-state index contributed by atoms with van der Waals surface area (Å²) in [6, 6.07) is 8.29. The van der Waals surface area contributed by atoms with E-state index in [9.17, 15) is 0 Å². The van der Waals surface area contributed by atoms with Crippen molar-refractivity contribution >= 4 is 0 Å². The van der Waals surface area contributed by atoms with E-state index in [1.165, 1.54) is 5.56 Å². The molecule has 20 heavy (non-hydrogen) atoms. The van der Waals surface area contributed by atoms with Gasteiger partial charge in [-0.05, 0) is 19.9 Å². The van der Waals surface area contributed by atoms with Crippen molar-refractivity contribution in [2.24, 2.45) is 0 Å². The topological polar surface area (TPSA) is 33.7 Å². The molecule has 0 amide bonds. The maximum absolute atomic E-state index is 5.80. The van der Waals surface area contributed by atoms with E-state index in [-0.39, 0.29) is 5.54 Å². The Labute approximate surface area is 122 Å². The Kier molecular flexibility index (Phi) is 5.40. The largest absolute Gasteiger partial charge is 0.491 e. The molecule has 2 rings (SSSR count). The van der Waals surface area contributed by atoms with Gasteiger partial charge in [0.1, 0.15) is 12.4 Å². The van der Waals surface area contributed by atoms with E-state index in [1.807, 2.05) is 12.1 Å². The lowest BCUT2D eigenvalue weighted by atomic mass is 10.0. The average molecular weight is 278 g/mol.